The van der Waals surface area contributed by atoms with Crippen molar-refractivity contribution >= 4 is 22.8 Å². The first-order valence-electron chi connectivity index (χ1n) is 10.4. The number of anilines is 1. The van der Waals surface area contributed by atoms with E-state index in [1.54, 1.807) is 4.90 Å². The number of nitrogens with zero attached hydrogens (tertiary/aromatic N) is 5. The minimum Gasteiger partial charge on any atom is -0.356 e. The van der Waals surface area contributed by atoms with Gasteiger partial charge in [0.2, 0.25) is 5.82 Å². The molecule has 8 heteroatoms. The summed E-state index contributed by atoms with van der Waals surface area (Å²) in [6.07, 6.45) is 1.34. The fraction of sp³-hybridized carbons (Fsp3) is 0.619. The Bertz CT molecular complexity index is 912. The van der Waals surface area contributed by atoms with Crippen LogP contribution in [0.1, 0.15) is 48.6 Å². The quantitative estimate of drug-likeness (QED) is 0.781. The molecule has 4 rings (SSSR count). The summed E-state index contributed by atoms with van der Waals surface area (Å²) >= 11 is 0. The van der Waals surface area contributed by atoms with E-state index in [1.165, 1.54) is 0 Å². The molecule has 2 aromatic rings. The second kappa shape index (κ2) is 7.84. The summed E-state index contributed by atoms with van der Waals surface area (Å²) in [5.74, 6) is 0.322. The lowest BCUT2D eigenvalue weighted by Gasteiger charge is -2.37. The first-order valence-corrected chi connectivity index (χ1v) is 10.4. The summed E-state index contributed by atoms with van der Waals surface area (Å²) < 4.78 is 11.5. The zero-order chi connectivity index (χ0) is 20.6. The highest BCUT2D eigenvalue weighted by Gasteiger charge is 2.41. The SMILES string of the molecule is CCN(CC)c1nc(C(=O)N2CCC3(CC2)OCCO3)nc2nc(C)cc(C)c12. The van der Waals surface area contributed by atoms with Gasteiger partial charge in [-0.25, -0.2) is 15.0 Å². The minimum absolute atomic E-state index is 0.158. The van der Waals surface area contributed by atoms with Gasteiger partial charge in [-0.2, -0.15) is 0 Å². The van der Waals surface area contributed by atoms with Gasteiger partial charge in [0.15, 0.2) is 11.4 Å². The fourth-order valence-electron chi connectivity index (χ4n) is 4.28. The number of hydrogen-bond donors (Lipinski definition) is 0. The molecular formula is C21H29N5O3. The van der Waals surface area contributed by atoms with E-state index >= 15 is 0 Å². The number of hydrogen-bond acceptors (Lipinski definition) is 7. The van der Waals surface area contributed by atoms with Crippen LogP contribution in [0, 0.1) is 13.8 Å². The van der Waals surface area contributed by atoms with Crippen molar-refractivity contribution < 1.29 is 14.3 Å². The van der Waals surface area contributed by atoms with E-state index < -0.39 is 5.79 Å². The molecule has 8 nitrogen and oxygen atoms in total. The summed E-state index contributed by atoms with van der Waals surface area (Å²) in [5.41, 5.74) is 2.54. The molecule has 2 fully saturated rings. The Balaban J connectivity index is 1.69. The van der Waals surface area contributed by atoms with Crippen molar-refractivity contribution in [2.75, 3.05) is 44.3 Å². The van der Waals surface area contributed by atoms with Crippen LogP contribution in [0.3, 0.4) is 0 Å². The maximum absolute atomic E-state index is 13.2. The highest BCUT2D eigenvalue weighted by molar-refractivity contribution is 5.96. The van der Waals surface area contributed by atoms with Crippen LogP contribution < -0.4 is 4.90 Å². The van der Waals surface area contributed by atoms with E-state index in [0.717, 1.165) is 35.6 Å². The molecule has 156 valence electrons. The van der Waals surface area contributed by atoms with Crippen molar-refractivity contribution in [3.05, 3.63) is 23.1 Å². The third-order valence-electron chi connectivity index (χ3n) is 5.85. The van der Waals surface area contributed by atoms with Crippen LogP contribution in [0.25, 0.3) is 11.0 Å². The molecule has 0 bridgehead atoms. The Kier molecular flexibility index (Phi) is 5.40. The van der Waals surface area contributed by atoms with E-state index in [2.05, 4.69) is 28.7 Å². The molecule has 0 aliphatic carbocycles. The van der Waals surface area contributed by atoms with Crippen molar-refractivity contribution in [3.8, 4) is 0 Å². The van der Waals surface area contributed by atoms with Gasteiger partial charge in [0.25, 0.3) is 5.91 Å². The van der Waals surface area contributed by atoms with E-state index in [1.807, 2.05) is 19.9 Å². The number of carbonyl (C=O) groups excluding carboxylic acids is 1. The molecular weight excluding hydrogens is 370 g/mol. The van der Waals surface area contributed by atoms with Crippen molar-refractivity contribution in [2.24, 2.45) is 0 Å². The molecule has 2 saturated heterocycles. The van der Waals surface area contributed by atoms with Crippen molar-refractivity contribution in [1.29, 1.82) is 0 Å². The number of carbonyl (C=O) groups is 1. The number of piperidine rings is 1. The molecule has 0 atom stereocenters. The molecule has 0 radical (unpaired) electrons. The van der Waals surface area contributed by atoms with Gasteiger partial charge < -0.3 is 19.3 Å². The molecule has 2 aliphatic heterocycles. The predicted molar refractivity (Wildman–Crippen MR) is 110 cm³/mol. The number of aryl methyl sites for hydroxylation is 2. The minimum atomic E-state index is -0.511. The summed E-state index contributed by atoms with van der Waals surface area (Å²) in [4.78, 5) is 31.1. The van der Waals surface area contributed by atoms with Crippen LogP contribution >= 0.6 is 0 Å². The highest BCUT2D eigenvalue weighted by atomic mass is 16.7. The number of fused-ring (bicyclic) bond motifs is 1. The number of ether oxygens (including phenoxy) is 2. The van der Waals surface area contributed by atoms with Gasteiger partial charge in [-0.1, -0.05) is 0 Å². The third kappa shape index (κ3) is 3.67. The lowest BCUT2D eigenvalue weighted by Crippen LogP contribution is -2.47. The summed E-state index contributed by atoms with van der Waals surface area (Å²) in [6, 6.07) is 2.03. The van der Waals surface area contributed by atoms with E-state index in [9.17, 15) is 4.79 Å². The Hall–Kier alpha value is -2.32. The number of likely N-dealkylation sites (tertiary alicyclic amines) is 1. The molecule has 4 heterocycles. The Labute approximate surface area is 171 Å². The van der Waals surface area contributed by atoms with Gasteiger partial charge in [0.1, 0.15) is 5.82 Å². The van der Waals surface area contributed by atoms with Crippen LogP contribution in [-0.4, -0.2) is 70.9 Å². The average Bonchev–Trinajstić information content (AvgIpc) is 3.16. The first-order chi connectivity index (χ1) is 14.0. The molecule has 2 aromatic heterocycles. The van der Waals surface area contributed by atoms with E-state index in [0.29, 0.717) is 44.8 Å². The number of rotatable bonds is 4. The molecule has 29 heavy (non-hydrogen) atoms. The lowest BCUT2D eigenvalue weighted by molar-refractivity contribution is -0.181. The fourth-order valence-corrected chi connectivity index (χ4v) is 4.28. The summed E-state index contributed by atoms with van der Waals surface area (Å²) in [6.45, 7) is 12.1. The van der Waals surface area contributed by atoms with Crippen LogP contribution in [0.2, 0.25) is 0 Å². The highest BCUT2D eigenvalue weighted by Crippen LogP contribution is 2.32. The topological polar surface area (TPSA) is 80.7 Å². The van der Waals surface area contributed by atoms with Gasteiger partial charge in [0, 0.05) is 44.7 Å². The van der Waals surface area contributed by atoms with Crippen LogP contribution in [0.4, 0.5) is 5.82 Å². The largest absolute Gasteiger partial charge is 0.356 e. The predicted octanol–water partition coefficient (Wildman–Crippen LogP) is 2.47. The molecule has 0 aromatic carbocycles. The number of pyridine rings is 1. The van der Waals surface area contributed by atoms with Gasteiger partial charge in [0.05, 0.1) is 18.6 Å². The van der Waals surface area contributed by atoms with Crippen LogP contribution in [0.15, 0.2) is 6.07 Å². The van der Waals surface area contributed by atoms with E-state index in [4.69, 9.17) is 14.5 Å². The molecule has 0 saturated carbocycles. The Morgan fingerprint density at radius 2 is 1.76 bits per heavy atom. The monoisotopic (exact) mass is 399 g/mol. The maximum atomic E-state index is 13.2. The summed E-state index contributed by atoms with van der Waals surface area (Å²) in [7, 11) is 0. The molecule has 1 spiro atoms. The number of amides is 1. The van der Waals surface area contributed by atoms with Crippen molar-refractivity contribution in [1.82, 2.24) is 19.9 Å². The molecule has 0 N–H and O–H groups in total. The van der Waals surface area contributed by atoms with Gasteiger partial charge >= 0.3 is 0 Å². The van der Waals surface area contributed by atoms with Gasteiger partial charge in [-0.15, -0.1) is 0 Å². The molecule has 1 amide bonds. The normalized spacial score (nSPS) is 18.6. The zero-order valence-corrected chi connectivity index (χ0v) is 17.7. The Morgan fingerprint density at radius 1 is 1.10 bits per heavy atom. The Morgan fingerprint density at radius 3 is 2.38 bits per heavy atom. The van der Waals surface area contributed by atoms with Crippen LogP contribution in [0.5, 0.6) is 0 Å². The second-order valence-corrected chi connectivity index (χ2v) is 7.72. The third-order valence-corrected chi connectivity index (χ3v) is 5.85. The van der Waals surface area contributed by atoms with Gasteiger partial charge in [-0.3, -0.25) is 4.79 Å². The van der Waals surface area contributed by atoms with E-state index in [-0.39, 0.29) is 11.7 Å². The van der Waals surface area contributed by atoms with Crippen molar-refractivity contribution in [2.45, 2.75) is 46.3 Å². The average molecular weight is 399 g/mol. The maximum Gasteiger partial charge on any atom is 0.291 e. The zero-order valence-electron chi connectivity index (χ0n) is 17.7. The lowest BCUT2D eigenvalue weighted by atomic mass is 10.0. The first kappa shape index (κ1) is 20.0. The standard InChI is InChI=1S/C21H29N5O3/c1-5-25(6-2)19-16-14(3)13-15(4)22-17(16)23-18(24-19)20(27)26-9-7-21(8-10-26)28-11-12-29-21/h13H,5-12H2,1-4H3. The second-order valence-electron chi connectivity index (χ2n) is 7.72. The van der Waals surface area contributed by atoms with Crippen LogP contribution in [-0.2, 0) is 9.47 Å². The number of aromatic nitrogens is 3. The van der Waals surface area contributed by atoms with Gasteiger partial charge in [-0.05, 0) is 39.3 Å². The summed E-state index contributed by atoms with van der Waals surface area (Å²) in [5, 5.41) is 0.918. The van der Waals surface area contributed by atoms with Crippen molar-refractivity contribution in [3.63, 3.8) is 0 Å². The molecule has 0 unspecified atom stereocenters. The molecule has 2 aliphatic rings. The smallest absolute Gasteiger partial charge is 0.291 e.